The zero-order valence-corrected chi connectivity index (χ0v) is 17.7. The molecule has 0 saturated carbocycles. The van der Waals surface area contributed by atoms with Crippen molar-refractivity contribution in [3.63, 3.8) is 0 Å². The first kappa shape index (κ1) is 21.8. The number of carbonyl (C=O) groups is 3. The van der Waals surface area contributed by atoms with Crippen molar-refractivity contribution in [2.75, 3.05) is 13.2 Å². The topological polar surface area (TPSA) is 114 Å². The highest BCUT2D eigenvalue weighted by atomic mass is 16.5. The summed E-state index contributed by atoms with van der Waals surface area (Å²) in [6.45, 7) is 1.84. The Labute approximate surface area is 185 Å². The molecule has 1 aliphatic carbocycles. The van der Waals surface area contributed by atoms with E-state index in [1.807, 2.05) is 24.3 Å². The lowest BCUT2D eigenvalue weighted by atomic mass is 9.98. The van der Waals surface area contributed by atoms with E-state index in [4.69, 9.17) is 14.6 Å². The second-order valence-electron chi connectivity index (χ2n) is 8.10. The predicted molar refractivity (Wildman–Crippen MR) is 116 cm³/mol. The molecule has 8 nitrogen and oxygen atoms in total. The molecule has 0 aromatic heterocycles. The highest BCUT2D eigenvalue weighted by Crippen LogP contribution is 2.44. The molecule has 0 spiro atoms. The van der Waals surface area contributed by atoms with Crippen LogP contribution in [0, 0.1) is 0 Å². The highest BCUT2D eigenvalue weighted by molar-refractivity contribution is 5.86. The van der Waals surface area contributed by atoms with Crippen LogP contribution in [-0.2, 0) is 19.1 Å². The maximum atomic E-state index is 12.3. The van der Waals surface area contributed by atoms with Crippen molar-refractivity contribution >= 4 is 18.0 Å². The molecule has 4 rings (SSSR count). The number of hydrogen-bond donors (Lipinski definition) is 3. The third-order valence-corrected chi connectivity index (χ3v) is 5.95. The molecule has 1 heterocycles. The number of carboxylic acids is 1. The van der Waals surface area contributed by atoms with Crippen LogP contribution in [0.25, 0.3) is 11.1 Å². The second kappa shape index (κ2) is 9.40. The molecule has 0 radical (unpaired) electrons. The number of nitrogens with one attached hydrogen (secondary N) is 2. The van der Waals surface area contributed by atoms with Gasteiger partial charge in [-0.15, -0.1) is 0 Å². The van der Waals surface area contributed by atoms with Gasteiger partial charge in [-0.2, -0.15) is 0 Å². The Bertz CT molecular complexity index is 978. The van der Waals surface area contributed by atoms with Gasteiger partial charge in [0.1, 0.15) is 18.8 Å². The number of hydrogen-bond acceptors (Lipinski definition) is 5. The lowest BCUT2D eigenvalue weighted by Crippen LogP contribution is -2.44. The first-order chi connectivity index (χ1) is 15.4. The molecular weight excluding hydrogens is 412 g/mol. The minimum atomic E-state index is -1.11. The number of fused-ring (bicyclic) bond motifs is 3. The van der Waals surface area contributed by atoms with Crippen LogP contribution in [0.15, 0.2) is 48.5 Å². The van der Waals surface area contributed by atoms with E-state index in [1.54, 1.807) is 0 Å². The van der Waals surface area contributed by atoms with Crippen molar-refractivity contribution in [3.05, 3.63) is 59.7 Å². The molecule has 3 N–H and O–H groups in total. The molecule has 3 atom stereocenters. The predicted octanol–water partition coefficient (Wildman–Crippen LogP) is 2.66. The molecule has 168 valence electrons. The zero-order valence-electron chi connectivity index (χ0n) is 17.7. The van der Waals surface area contributed by atoms with Gasteiger partial charge in [-0.05, 0) is 42.0 Å². The fourth-order valence-corrected chi connectivity index (χ4v) is 4.26. The lowest BCUT2D eigenvalue weighted by Gasteiger charge is -2.17. The summed E-state index contributed by atoms with van der Waals surface area (Å²) >= 11 is 0. The largest absolute Gasteiger partial charge is 0.480 e. The number of carbonyl (C=O) groups excluding carboxylic acids is 2. The quantitative estimate of drug-likeness (QED) is 0.612. The van der Waals surface area contributed by atoms with E-state index in [1.165, 1.54) is 6.92 Å². The first-order valence-electron chi connectivity index (χ1n) is 10.7. The Kier molecular flexibility index (Phi) is 6.41. The Morgan fingerprint density at radius 1 is 1.06 bits per heavy atom. The minimum absolute atomic E-state index is 0.0137. The van der Waals surface area contributed by atoms with Gasteiger partial charge >= 0.3 is 12.1 Å². The van der Waals surface area contributed by atoms with Crippen LogP contribution in [0.3, 0.4) is 0 Å². The summed E-state index contributed by atoms with van der Waals surface area (Å²) in [4.78, 5) is 35.2. The van der Waals surface area contributed by atoms with Crippen molar-refractivity contribution in [2.45, 2.75) is 43.9 Å². The monoisotopic (exact) mass is 438 g/mol. The summed E-state index contributed by atoms with van der Waals surface area (Å²) in [5.74, 6) is -1.58. The Hall–Kier alpha value is -3.39. The van der Waals surface area contributed by atoms with Gasteiger partial charge < -0.3 is 25.2 Å². The fraction of sp³-hybridized carbons (Fsp3) is 0.375. The van der Waals surface area contributed by atoms with E-state index in [9.17, 15) is 14.4 Å². The van der Waals surface area contributed by atoms with Gasteiger partial charge in [0.2, 0.25) is 5.91 Å². The van der Waals surface area contributed by atoms with Crippen LogP contribution >= 0.6 is 0 Å². The molecule has 1 saturated heterocycles. The maximum absolute atomic E-state index is 12.3. The molecule has 1 aliphatic heterocycles. The van der Waals surface area contributed by atoms with Crippen LogP contribution in [0.4, 0.5) is 4.79 Å². The molecule has 1 fully saturated rings. The number of ether oxygens (including phenoxy) is 2. The summed E-state index contributed by atoms with van der Waals surface area (Å²) < 4.78 is 11.2. The summed E-state index contributed by atoms with van der Waals surface area (Å²) in [5.41, 5.74) is 4.62. The molecule has 2 aromatic carbocycles. The number of amides is 2. The average Bonchev–Trinajstić information content (AvgIpc) is 3.39. The number of benzene rings is 2. The Balaban J connectivity index is 1.25. The van der Waals surface area contributed by atoms with Crippen LogP contribution < -0.4 is 10.6 Å². The SMILES string of the molecule is C[C@@H](NC(=O)C1CCC(CNC(=O)OCC2c3ccccc3-c3ccccc32)O1)C(=O)O. The van der Waals surface area contributed by atoms with Crippen molar-refractivity contribution in [2.24, 2.45) is 0 Å². The minimum Gasteiger partial charge on any atom is -0.480 e. The van der Waals surface area contributed by atoms with E-state index >= 15 is 0 Å². The van der Waals surface area contributed by atoms with Crippen LogP contribution in [-0.4, -0.2) is 54.5 Å². The van der Waals surface area contributed by atoms with Crippen molar-refractivity contribution in [3.8, 4) is 11.1 Å². The molecule has 2 unspecified atom stereocenters. The van der Waals surface area contributed by atoms with Gasteiger partial charge in [0.05, 0.1) is 6.10 Å². The summed E-state index contributed by atoms with van der Waals surface area (Å²) in [7, 11) is 0. The van der Waals surface area contributed by atoms with Crippen molar-refractivity contribution in [1.29, 1.82) is 0 Å². The van der Waals surface area contributed by atoms with E-state index < -0.39 is 30.1 Å². The smallest absolute Gasteiger partial charge is 0.407 e. The van der Waals surface area contributed by atoms with Crippen LogP contribution in [0.5, 0.6) is 0 Å². The average molecular weight is 438 g/mol. The summed E-state index contributed by atoms with van der Waals surface area (Å²) in [6.07, 6.45) is -0.529. The van der Waals surface area contributed by atoms with E-state index in [2.05, 4.69) is 34.9 Å². The lowest BCUT2D eigenvalue weighted by molar-refractivity contribution is -0.143. The van der Waals surface area contributed by atoms with Gasteiger partial charge in [0, 0.05) is 12.5 Å². The van der Waals surface area contributed by atoms with Gasteiger partial charge in [-0.3, -0.25) is 9.59 Å². The Morgan fingerprint density at radius 3 is 2.31 bits per heavy atom. The second-order valence-corrected chi connectivity index (χ2v) is 8.10. The summed E-state index contributed by atoms with van der Waals surface area (Å²) in [6, 6.07) is 15.3. The first-order valence-corrected chi connectivity index (χ1v) is 10.7. The van der Waals surface area contributed by atoms with Gasteiger partial charge in [0.15, 0.2) is 0 Å². The zero-order chi connectivity index (χ0) is 22.7. The molecule has 0 bridgehead atoms. The van der Waals surface area contributed by atoms with Crippen LogP contribution in [0.2, 0.25) is 0 Å². The standard InChI is InChI=1S/C24H26N2O6/c1-14(23(28)29)26-22(27)21-11-10-15(32-21)12-25-24(30)31-13-20-18-8-4-2-6-16(18)17-7-3-5-9-19(17)20/h2-9,14-15,20-21H,10-13H2,1H3,(H,25,30)(H,26,27)(H,28,29)/t14-,15?,21?/m1/s1. The van der Waals surface area contributed by atoms with E-state index in [-0.39, 0.29) is 25.2 Å². The Morgan fingerprint density at radius 2 is 1.69 bits per heavy atom. The van der Waals surface area contributed by atoms with E-state index in [0.29, 0.717) is 12.8 Å². The molecule has 8 heteroatoms. The number of rotatable bonds is 7. The number of aliphatic carboxylic acids is 1. The molecular formula is C24H26N2O6. The molecule has 2 amide bonds. The molecule has 32 heavy (non-hydrogen) atoms. The normalized spacial score (nSPS) is 20.2. The third-order valence-electron chi connectivity index (χ3n) is 5.95. The van der Waals surface area contributed by atoms with Crippen molar-refractivity contribution in [1.82, 2.24) is 10.6 Å². The highest BCUT2D eigenvalue weighted by Gasteiger charge is 2.33. The third kappa shape index (κ3) is 4.60. The molecule has 2 aliphatic rings. The number of alkyl carbamates (subject to hydrolysis) is 1. The maximum Gasteiger partial charge on any atom is 0.407 e. The van der Waals surface area contributed by atoms with Gasteiger partial charge in [0.25, 0.3) is 0 Å². The summed E-state index contributed by atoms with van der Waals surface area (Å²) in [5, 5.41) is 14.0. The van der Waals surface area contributed by atoms with E-state index in [0.717, 1.165) is 22.3 Å². The fourth-order valence-electron chi connectivity index (χ4n) is 4.26. The number of carboxylic acid groups (broad SMARTS) is 1. The van der Waals surface area contributed by atoms with Crippen LogP contribution in [0.1, 0.15) is 36.8 Å². The van der Waals surface area contributed by atoms with Crippen molar-refractivity contribution < 1.29 is 29.0 Å². The van der Waals surface area contributed by atoms with Gasteiger partial charge in [-0.1, -0.05) is 48.5 Å². The molecule has 2 aromatic rings. The van der Waals surface area contributed by atoms with Gasteiger partial charge in [-0.25, -0.2) is 4.79 Å².